The van der Waals surface area contributed by atoms with Gasteiger partial charge in [0.1, 0.15) is 5.65 Å². The third kappa shape index (κ3) is 3.31. The summed E-state index contributed by atoms with van der Waals surface area (Å²) in [6, 6.07) is 12.4. The Hall–Kier alpha value is -2.21. The van der Waals surface area contributed by atoms with Crippen LogP contribution in [0.25, 0.3) is 22.2 Å². The molecule has 1 fully saturated rings. The lowest BCUT2D eigenvalue weighted by Crippen LogP contribution is -2.38. The van der Waals surface area contributed by atoms with Crippen molar-refractivity contribution in [3.05, 3.63) is 54.4 Å². The summed E-state index contributed by atoms with van der Waals surface area (Å²) in [5.41, 5.74) is 4.24. The lowest BCUT2D eigenvalue weighted by atomic mass is 10.0. The maximum atomic E-state index is 10.5. The molecule has 0 unspecified atom stereocenters. The molecule has 0 radical (unpaired) electrons. The second-order valence-electron chi connectivity index (χ2n) is 6.57. The Kier molecular flexibility index (Phi) is 4.53. The fourth-order valence-corrected chi connectivity index (χ4v) is 3.43. The molecule has 0 amide bonds. The van der Waals surface area contributed by atoms with Crippen LogP contribution >= 0.6 is 0 Å². The molecule has 0 saturated carbocycles. The minimum atomic E-state index is -0.471. The number of aryl methyl sites for hydroxylation is 1. The number of β-amino-alcohol motifs (C(OH)–C–C–N with tert-alkyl or cyclic N) is 1. The van der Waals surface area contributed by atoms with Crippen LogP contribution in [0.3, 0.4) is 0 Å². The Balaban J connectivity index is 1.55. The first-order valence-corrected chi connectivity index (χ1v) is 8.71. The van der Waals surface area contributed by atoms with Crippen molar-refractivity contribution in [2.24, 2.45) is 7.05 Å². The lowest BCUT2D eigenvalue weighted by Gasteiger charge is -2.28. The van der Waals surface area contributed by atoms with E-state index in [4.69, 9.17) is 4.74 Å². The van der Waals surface area contributed by atoms with Gasteiger partial charge >= 0.3 is 0 Å². The van der Waals surface area contributed by atoms with Gasteiger partial charge in [0.2, 0.25) is 0 Å². The number of hydrogen-bond acceptors (Lipinski definition) is 4. The van der Waals surface area contributed by atoms with E-state index < -0.39 is 6.10 Å². The van der Waals surface area contributed by atoms with Crippen LogP contribution in [0.1, 0.15) is 11.7 Å². The molecule has 1 saturated heterocycles. The number of aliphatic hydroxyl groups is 1. The fraction of sp³-hybridized carbons (Fsp3) is 0.350. The zero-order valence-corrected chi connectivity index (χ0v) is 14.4. The molecule has 3 heterocycles. The first kappa shape index (κ1) is 16.3. The van der Waals surface area contributed by atoms with Gasteiger partial charge in [0.15, 0.2) is 0 Å². The SMILES string of the molecule is Cn1ccc2c(-c3ccc([C@@H](O)CN4CCOCC4)cc3)ccnc21. The largest absolute Gasteiger partial charge is 0.387 e. The Labute approximate surface area is 147 Å². The molecule has 0 spiro atoms. The second kappa shape index (κ2) is 6.96. The third-order valence-electron chi connectivity index (χ3n) is 4.91. The molecule has 3 aromatic rings. The van der Waals surface area contributed by atoms with Crippen molar-refractivity contribution >= 4 is 11.0 Å². The molecule has 0 bridgehead atoms. The molecular weight excluding hydrogens is 314 g/mol. The second-order valence-corrected chi connectivity index (χ2v) is 6.57. The first-order valence-electron chi connectivity index (χ1n) is 8.71. The van der Waals surface area contributed by atoms with Gasteiger partial charge in [-0.25, -0.2) is 4.98 Å². The van der Waals surface area contributed by atoms with E-state index in [1.165, 1.54) is 5.56 Å². The van der Waals surface area contributed by atoms with E-state index in [2.05, 4.69) is 28.1 Å². The van der Waals surface area contributed by atoms with Crippen LogP contribution in [0, 0.1) is 0 Å². The summed E-state index contributed by atoms with van der Waals surface area (Å²) in [5, 5.41) is 11.7. The van der Waals surface area contributed by atoms with Crippen LogP contribution in [0.4, 0.5) is 0 Å². The molecule has 5 nitrogen and oxygen atoms in total. The molecule has 130 valence electrons. The highest BCUT2D eigenvalue weighted by atomic mass is 16.5. The van der Waals surface area contributed by atoms with Gasteiger partial charge in [-0.2, -0.15) is 0 Å². The van der Waals surface area contributed by atoms with E-state index in [1.807, 2.05) is 42.2 Å². The quantitative estimate of drug-likeness (QED) is 0.795. The summed E-state index contributed by atoms with van der Waals surface area (Å²) in [7, 11) is 2.00. The Morgan fingerprint density at radius 1 is 1.12 bits per heavy atom. The maximum absolute atomic E-state index is 10.5. The average Bonchev–Trinajstić information content (AvgIpc) is 3.04. The maximum Gasteiger partial charge on any atom is 0.140 e. The number of fused-ring (bicyclic) bond motifs is 1. The highest BCUT2D eigenvalue weighted by molar-refractivity contribution is 5.93. The summed E-state index contributed by atoms with van der Waals surface area (Å²) < 4.78 is 7.39. The molecule has 1 atom stereocenters. The Bertz CT molecular complexity index is 851. The highest BCUT2D eigenvalue weighted by Crippen LogP contribution is 2.29. The summed E-state index contributed by atoms with van der Waals surface area (Å²) >= 11 is 0. The molecule has 0 aliphatic carbocycles. The van der Waals surface area contributed by atoms with Crippen LogP contribution in [0.5, 0.6) is 0 Å². The van der Waals surface area contributed by atoms with Gasteiger partial charge in [-0.05, 0) is 28.8 Å². The summed E-state index contributed by atoms with van der Waals surface area (Å²) in [5.74, 6) is 0. The van der Waals surface area contributed by atoms with Crippen molar-refractivity contribution in [3.8, 4) is 11.1 Å². The third-order valence-corrected chi connectivity index (χ3v) is 4.91. The van der Waals surface area contributed by atoms with Gasteiger partial charge in [-0.1, -0.05) is 24.3 Å². The molecule has 25 heavy (non-hydrogen) atoms. The number of hydrogen-bond donors (Lipinski definition) is 1. The lowest BCUT2D eigenvalue weighted by molar-refractivity contribution is 0.0143. The molecule has 1 aliphatic heterocycles. The number of morpholine rings is 1. The van der Waals surface area contributed by atoms with Crippen LogP contribution in [-0.4, -0.2) is 52.4 Å². The van der Waals surface area contributed by atoms with Crippen LogP contribution < -0.4 is 0 Å². The van der Waals surface area contributed by atoms with E-state index in [1.54, 1.807) is 0 Å². The molecule has 4 rings (SSSR count). The number of benzene rings is 1. The van der Waals surface area contributed by atoms with Gasteiger partial charge in [0.05, 0.1) is 19.3 Å². The van der Waals surface area contributed by atoms with E-state index >= 15 is 0 Å². The van der Waals surface area contributed by atoms with Crippen molar-refractivity contribution in [2.45, 2.75) is 6.10 Å². The number of rotatable bonds is 4. The number of ether oxygens (including phenoxy) is 1. The van der Waals surface area contributed by atoms with Gasteiger partial charge in [-0.3, -0.25) is 4.90 Å². The molecule has 1 aromatic carbocycles. The van der Waals surface area contributed by atoms with Crippen molar-refractivity contribution in [3.63, 3.8) is 0 Å². The van der Waals surface area contributed by atoms with Crippen molar-refractivity contribution in [1.82, 2.24) is 14.5 Å². The van der Waals surface area contributed by atoms with Crippen molar-refractivity contribution < 1.29 is 9.84 Å². The van der Waals surface area contributed by atoms with Crippen molar-refractivity contribution in [2.75, 3.05) is 32.8 Å². The van der Waals surface area contributed by atoms with Crippen LogP contribution in [-0.2, 0) is 11.8 Å². The highest BCUT2D eigenvalue weighted by Gasteiger charge is 2.16. The van der Waals surface area contributed by atoms with Crippen LogP contribution in [0.2, 0.25) is 0 Å². The van der Waals surface area contributed by atoms with Gasteiger partial charge in [0.25, 0.3) is 0 Å². The van der Waals surface area contributed by atoms with Crippen molar-refractivity contribution in [1.29, 1.82) is 0 Å². The summed E-state index contributed by atoms with van der Waals surface area (Å²) in [6.45, 7) is 3.93. The van der Waals surface area contributed by atoms with E-state index in [9.17, 15) is 5.11 Å². The molecule has 2 aromatic heterocycles. The average molecular weight is 337 g/mol. The van der Waals surface area contributed by atoms with Gasteiger partial charge in [-0.15, -0.1) is 0 Å². The van der Waals surface area contributed by atoms with E-state index in [0.717, 1.165) is 48.5 Å². The molecule has 1 aliphatic rings. The summed E-state index contributed by atoms with van der Waals surface area (Å²) in [4.78, 5) is 6.69. The smallest absolute Gasteiger partial charge is 0.140 e. The van der Waals surface area contributed by atoms with E-state index in [-0.39, 0.29) is 0 Å². The zero-order chi connectivity index (χ0) is 17.2. The molecule has 5 heteroatoms. The topological polar surface area (TPSA) is 50.5 Å². The fourth-order valence-electron chi connectivity index (χ4n) is 3.43. The Morgan fingerprint density at radius 2 is 1.88 bits per heavy atom. The molecular formula is C20H23N3O2. The zero-order valence-electron chi connectivity index (χ0n) is 14.4. The predicted octanol–water partition coefficient (Wildman–Crippen LogP) is 2.61. The van der Waals surface area contributed by atoms with E-state index in [0.29, 0.717) is 6.54 Å². The number of aromatic nitrogens is 2. The standard InChI is InChI=1S/C20H23N3O2/c1-22-9-7-18-17(6-8-21-20(18)22)15-2-4-16(5-3-15)19(24)14-23-10-12-25-13-11-23/h2-9,19,24H,10-14H2,1H3/t19-/m0/s1. The molecule has 1 N–H and O–H groups in total. The number of aliphatic hydroxyl groups excluding tert-OH is 1. The van der Waals surface area contributed by atoms with Gasteiger partial charge < -0.3 is 14.4 Å². The predicted molar refractivity (Wildman–Crippen MR) is 98.4 cm³/mol. The minimum absolute atomic E-state index is 0.471. The number of nitrogens with zero attached hydrogens (tertiary/aromatic N) is 3. The minimum Gasteiger partial charge on any atom is -0.387 e. The first-order chi connectivity index (χ1) is 12.2. The number of pyridine rings is 1. The van der Waals surface area contributed by atoms with Gasteiger partial charge in [0, 0.05) is 44.5 Å². The summed E-state index contributed by atoms with van der Waals surface area (Å²) in [6.07, 6.45) is 3.40. The normalized spacial score (nSPS) is 17.0. The van der Waals surface area contributed by atoms with Crippen LogP contribution in [0.15, 0.2) is 48.8 Å². The Morgan fingerprint density at radius 3 is 2.64 bits per heavy atom. The monoisotopic (exact) mass is 337 g/mol.